The molecular weight excluding hydrogens is 475 g/mol. The number of anilines is 1. The molecule has 0 spiro atoms. The van der Waals surface area contributed by atoms with E-state index in [0.29, 0.717) is 24.3 Å². The fraction of sp³-hybridized carbons (Fsp3) is 0.370. The van der Waals surface area contributed by atoms with Crippen LogP contribution in [0.1, 0.15) is 29.8 Å². The lowest BCUT2D eigenvalue weighted by Crippen LogP contribution is -2.40. The molecule has 9 nitrogen and oxygen atoms in total. The van der Waals surface area contributed by atoms with Crippen LogP contribution in [-0.4, -0.2) is 73.2 Å². The second-order valence-corrected chi connectivity index (χ2v) is 9.16. The number of hydrogen-bond donors (Lipinski definition) is 1. The van der Waals surface area contributed by atoms with E-state index in [1.54, 1.807) is 13.0 Å². The van der Waals surface area contributed by atoms with E-state index in [2.05, 4.69) is 21.9 Å². The molecule has 2 aromatic rings. The number of allylic oxidation sites excluding steroid dienone is 1. The molecular formula is C27H33FN6O3. The summed E-state index contributed by atoms with van der Waals surface area (Å²) in [7, 11) is 6.79. The Morgan fingerprint density at radius 2 is 2.00 bits per heavy atom. The number of rotatable bonds is 5. The van der Waals surface area contributed by atoms with Gasteiger partial charge in [0.05, 0.1) is 26.1 Å². The van der Waals surface area contributed by atoms with Gasteiger partial charge in [0, 0.05) is 63.2 Å². The highest BCUT2D eigenvalue weighted by Crippen LogP contribution is 2.31. The Balaban J connectivity index is 0.000000225. The smallest absolute Gasteiger partial charge is 0.222 e. The van der Waals surface area contributed by atoms with E-state index in [1.807, 2.05) is 48.6 Å². The first kappa shape index (κ1) is 26.2. The number of carbonyl (C=O) groups is 1. The molecule has 1 amide bonds. The molecule has 0 radical (unpaired) electrons. The SMILES string of the molecule is C=C1C=Cc2ncc(C3=CN(C)NC3)nc2N1CC1CCC(=O)N1C.COc1cc(C)c(F)c(OC)c1. The van der Waals surface area contributed by atoms with Crippen LogP contribution in [0.15, 0.2) is 42.9 Å². The van der Waals surface area contributed by atoms with E-state index in [1.165, 1.54) is 20.3 Å². The number of halogens is 1. The van der Waals surface area contributed by atoms with Crippen LogP contribution >= 0.6 is 0 Å². The quantitative estimate of drug-likeness (QED) is 0.658. The van der Waals surface area contributed by atoms with E-state index in [-0.39, 0.29) is 23.5 Å². The molecule has 1 N–H and O–H groups in total. The van der Waals surface area contributed by atoms with Crippen molar-refractivity contribution in [1.82, 2.24) is 25.3 Å². The van der Waals surface area contributed by atoms with Gasteiger partial charge in [-0.05, 0) is 37.1 Å². The minimum atomic E-state index is -0.335. The fourth-order valence-electron chi connectivity index (χ4n) is 4.42. The fourth-order valence-corrected chi connectivity index (χ4v) is 4.42. The molecule has 3 aliphatic rings. The highest BCUT2D eigenvalue weighted by atomic mass is 19.1. The van der Waals surface area contributed by atoms with Crippen LogP contribution in [0.4, 0.5) is 10.2 Å². The summed E-state index contributed by atoms with van der Waals surface area (Å²) in [5.41, 5.74) is 7.42. The first-order valence-corrected chi connectivity index (χ1v) is 12.0. The average molecular weight is 509 g/mol. The lowest BCUT2D eigenvalue weighted by Gasteiger charge is -2.32. The number of methoxy groups -OCH3 is 2. The number of hydrogen-bond acceptors (Lipinski definition) is 8. The first-order valence-electron chi connectivity index (χ1n) is 12.0. The Bertz CT molecular complexity index is 1260. The minimum Gasteiger partial charge on any atom is -0.497 e. The number of aryl methyl sites for hydroxylation is 1. The number of likely N-dealkylation sites (N-methyl/N-ethyl adjacent to an activating group) is 1. The maximum atomic E-state index is 13.1. The largest absolute Gasteiger partial charge is 0.497 e. The molecule has 1 unspecified atom stereocenters. The molecule has 0 saturated carbocycles. The average Bonchev–Trinajstić information content (AvgIpc) is 3.47. The predicted octanol–water partition coefficient (Wildman–Crippen LogP) is 3.39. The van der Waals surface area contributed by atoms with Gasteiger partial charge < -0.3 is 24.3 Å². The summed E-state index contributed by atoms with van der Waals surface area (Å²) in [5, 5.41) is 1.92. The van der Waals surface area contributed by atoms with E-state index < -0.39 is 0 Å². The van der Waals surface area contributed by atoms with Gasteiger partial charge >= 0.3 is 0 Å². The molecule has 10 heteroatoms. The first-order chi connectivity index (χ1) is 17.7. The number of nitrogens with one attached hydrogen (secondary N) is 1. The zero-order chi connectivity index (χ0) is 26.7. The number of carbonyl (C=O) groups excluding carboxylic acids is 1. The molecule has 37 heavy (non-hydrogen) atoms. The monoisotopic (exact) mass is 508 g/mol. The molecule has 0 bridgehead atoms. The van der Waals surface area contributed by atoms with Crippen molar-refractivity contribution in [3.05, 3.63) is 65.7 Å². The molecule has 1 fully saturated rings. The Kier molecular flexibility index (Phi) is 7.77. The molecule has 1 aromatic carbocycles. The minimum absolute atomic E-state index is 0.174. The van der Waals surface area contributed by atoms with Crippen molar-refractivity contribution in [1.29, 1.82) is 0 Å². The second-order valence-electron chi connectivity index (χ2n) is 9.16. The summed E-state index contributed by atoms with van der Waals surface area (Å²) >= 11 is 0. The van der Waals surface area contributed by atoms with Crippen molar-refractivity contribution >= 4 is 23.4 Å². The predicted molar refractivity (Wildman–Crippen MR) is 141 cm³/mol. The number of nitrogens with zero attached hydrogens (tertiary/aromatic N) is 5. The Morgan fingerprint density at radius 3 is 2.62 bits per heavy atom. The van der Waals surface area contributed by atoms with Crippen molar-refractivity contribution < 1.29 is 18.7 Å². The number of likely N-dealkylation sites (tertiary alicyclic amines) is 1. The van der Waals surface area contributed by atoms with Gasteiger partial charge in [0.25, 0.3) is 0 Å². The summed E-state index contributed by atoms with van der Waals surface area (Å²) < 4.78 is 22.9. The van der Waals surface area contributed by atoms with Crippen molar-refractivity contribution in [2.75, 3.05) is 46.3 Å². The van der Waals surface area contributed by atoms with Gasteiger partial charge in [0.15, 0.2) is 17.4 Å². The van der Waals surface area contributed by atoms with Gasteiger partial charge in [0.1, 0.15) is 11.4 Å². The summed E-state index contributed by atoms with van der Waals surface area (Å²) in [4.78, 5) is 25.2. The van der Waals surface area contributed by atoms with E-state index in [0.717, 1.165) is 41.4 Å². The molecule has 3 aliphatic heterocycles. The third-order valence-electron chi connectivity index (χ3n) is 6.69. The van der Waals surface area contributed by atoms with Crippen LogP contribution < -0.4 is 19.8 Å². The lowest BCUT2D eigenvalue weighted by molar-refractivity contribution is -0.127. The molecule has 196 valence electrons. The molecule has 0 aliphatic carbocycles. The summed E-state index contributed by atoms with van der Waals surface area (Å²) in [6, 6.07) is 3.31. The number of amides is 1. The van der Waals surface area contributed by atoms with Crippen molar-refractivity contribution in [2.45, 2.75) is 25.8 Å². The highest BCUT2D eigenvalue weighted by Gasteiger charge is 2.31. The summed E-state index contributed by atoms with van der Waals surface area (Å²) in [5.74, 6) is 1.50. The van der Waals surface area contributed by atoms with Crippen LogP contribution in [0.2, 0.25) is 0 Å². The summed E-state index contributed by atoms with van der Waals surface area (Å²) in [6.45, 7) is 7.24. The van der Waals surface area contributed by atoms with Gasteiger partial charge in [-0.15, -0.1) is 0 Å². The number of hydrazine groups is 1. The topological polar surface area (TPSA) is 83.1 Å². The van der Waals surface area contributed by atoms with Crippen molar-refractivity contribution in [3.63, 3.8) is 0 Å². The number of aromatic nitrogens is 2. The van der Waals surface area contributed by atoms with Gasteiger partial charge in [-0.2, -0.15) is 0 Å². The number of ether oxygens (including phenoxy) is 2. The molecule has 4 heterocycles. The third kappa shape index (κ3) is 5.59. The number of fused-ring (bicyclic) bond motifs is 1. The van der Waals surface area contributed by atoms with E-state index >= 15 is 0 Å². The van der Waals surface area contributed by atoms with Gasteiger partial charge in [0.2, 0.25) is 5.91 Å². The Labute approximate surface area is 216 Å². The van der Waals surface area contributed by atoms with Gasteiger partial charge in [-0.1, -0.05) is 6.58 Å². The normalized spacial score (nSPS) is 18.5. The second kappa shape index (κ2) is 11.0. The molecule has 5 rings (SSSR count). The van der Waals surface area contributed by atoms with Gasteiger partial charge in [-0.3, -0.25) is 9.78 Å². The van der Waals surface area contributed by atoms with Crippen molar-refractivity contribution in [3.8, 4) is 11.5 Å². The van der Waals surface area contributed by atoms with Gasteiger partial charge in [-0.25, -0.2) is 14.8 Å². The standard InChI is InChI=1S/C18H22N6O.C9H11FO2/c1-12-4-6-15-18(24(12)11-14-5-7-17(25)23(14)3)21-16(9-19-15)13-8-20-22(2)10-13;1-6-4-7(11-2)5-8(12-3)9(6)10/h4,6,9-10,14,20H,1,5,7-8,11H2,2-3H3;4-5H,1-3H3. The van der Waals surface area contributed by atoms with E-state index in [9.17, 15) is 9.18 Å². The van der Waals surface area contributed by atoms with Crippen LogP contribution in [0.3, 0.4) is 0 Å². The lowest BCUT2D eigenvalue weighted by atomic mass is 10.1. The highest BCUT2D eigenvalue weighted by molar-refractivity contribution is 5.79. The molecule has 1 saturated heterocycles. The van der Waals surface area contributed by atoms with Crippen LogP contribution in [-0.2, 0) is 4.79 Å². The van der Waals surface area contributed by atoms with Crippen molar-refractivity contribution in [2.24, 2.45) is 0 Å². The molecule has 1 aromatic heterocycles. The zero-order valence-corrected chi connectivity index (χ0v) is 21.9. The molecule has 1 atom stereocenters. The van der Waals surface area contributed by atoms with Crippen LogP contribution in [0.25, 0.3) is 11.6 Å². The Hall–Kier alpha value is -3.92. The number of benzene rings is 1. The van der Waals surface area contributed by atoms with Crippen LogP contribution in [0.5, 0.6) is 11.5 Å². The summed E-state index contributed by atoms with van der Waals surface area (Å²) in [6.07, 6.45) is 9.22. The zero-order valence-electron chi connectivity index (χ0n) is 21.9. The third-order valence-corrected chi connectivity index (χ3v) is 6.69. The van der Waals surface area contributed by atoms with Crippen LogP contribution in [0, 0.1) is 12.7 Å². The maximum Gasteiger partial charge on any atom is 0.222 e. The maximum absolute atomic E-state index is 13.1. The van der Waals surface area contributed by atoms with E-state index in [4.69, 9.17) is 14.5 Å². The Morgan fingerprint density at radius 1 is 1.22 bits per heavy atom.